The zero-order chi connectivity index (χ0) is 17.4. The molecule has 0 aliphatic carbocycles. The van der Waals surface area contributed by atoms with Gasteiger partial charge < -0.3 is 14.8 Å². The molecular weight excluding hydrogens is 322 g/mol. The first-order chi connectivity index (χ1) is 11.7. The van der Waals surface area contributed by atoms with E-state index in [0.717, 1.165) is 17.0 Å². The molecule has 0 atom stereocenters. The number of benzene rings is 2. The highest BCUT2D eigenvalue weighted by molar-refractivity contribution is 7.98. The summed E-state index contributed by atoms with van der Waals surface area (Å²) in [7, 11) is 0. The van der Waals surface area contributed by atoms with E-state index in [9.17, 15) is 4.79 Å². The number of amides is 1. The summed E-state index contributed by atoms with van der Waals surface area (Å²) < 4.78 is 11.3. The highest BCUT2D eigenvalue weighted by Gasteiger charge is 2.13. The van der Waals surface area contributed by atoms with Crippen molar-refractivity contribution in [1.82, 2.24) is 0 Å². The van der Waals surface area contributed by atoms with Gasteiger partial charge in [0.25, 0.3) is 5.91 Å². The summed E-state index contributed by atoms with van der Waals surface area (Å²) in [5, 5.41) is 2.95. The largest absolute Gasteiger partial charge is 0.490 e. The number of carbonyl (C=O) groups excluding carboxylic acids is 1. The Morgan fingerprint density at radius 2 is 1.88 bits per heavy atom. The van der Waals surface area contributed by atoms with Crippen molar-refractivity contribution in [1.29, 1.82) is 0 Å². The molecule has 0 spiro atoms. The average Bonchev–Trinajstić information content (AvgIpc) is 2.61. The molecule has 0 bridgehead atoms. The average molecular weight is 345 g/mol. The van der Waals surface area contributed by atoms with Crippen molar-refractivity contribution in [2.75, 3.05) is 24.8 Å². The Bertz CT molecular complexity index is 688. The number of thioether (sulfide) groups is 1. The quantitative estimate of drug-likeness (QED) is 0.695. The van der Waals surface area contributed by atoms with Crippen molar-refractivity contribution < 1.29 is 14.3 Å². The molecule has 128 valence electrons. The Kier molecular flexibility index (Phi) is 7.00. The minimum Gasteiger partial charge on any atom is -0.490 e. The fourth-order valence-corrected chi connectivity index (χ4v) is 2.74. The molecule has 2 rings (SSSR count). The zero-order valence-corrected chi connectivity index (χ0v) is 15.1. The number of hydrogen-bond donors (Lipinski definition) is 1. The van der Waals surface area contributed by atoms with Crippen LogP contribution in [0.2, 0.25) is 0 Å². The second kappa shape index (κ2) is 9.23. The van der Waals surface area contributed by atoms with E-state index in [2.05, 4.69) is 5.32 Å². The summed E-state index contributed by atoms with van der Waals surface area (Å²) in [5.41, 5.74) is 1.34. The summed E-state index contributed by atoms with van der Waals surface area (Å²) in [6.07, 6.45) is 2.90. The number of hydrogen-bond acceptors (Lipinski definition) is 4. The molecular formula is C19H23NO3S. The molecule has 5 heteroatoms. The van der Waals surface area contributed by atoms with E-state index in [1.807, 2.05) is 44.4 Å². The van der Waals surface area contributed by atoms with Crippen LogP contribution in [0.15, 0.2) is 47.4 Å². The molecule has 4 nitrogen and oxygen atoms in total. The molecule has 0 aromatic heterocycles. The van der Waals surface area contributed by atoms with Crippen LogP contribution >= 0.6 is 11.8 Å². The van der Waals surface area contributed by atoms with Crippen LogP contribution in [0.25, 0.3) is 0 Å². The van der Waals surface area contributed by atoms with Crippen molar-refractivity contribution in [3.63, 3.8) is 0 Å². The lowest BCUT2D eigenvalue weighted by molar-refractivity contribution is 0.102. The van der Waals surface area contributed by atoms with Gasteiger partial charge in [-0.05, 0) is 49.9 Å². The lowest BCUT2D eigenvalue weighted by atomic mass is 10.1. The molecule has 2 aromatic carbocycles. The Morgan fingerprint density at radius 1 is 1.08 bits per heavy atom. The number of carbonyl (C=O) groups is 1. The van der Waals surface area contributed by atoms with Crippen LogP contribution in [0.3, 0.4) is 0 Å². The normalized spacial score (nSPS) is 10.3. The van der Waals surface area contributed by atoms with Crippen LogP contribution in [-0.4, -0.2) is 25.4 Å². The molecule has 0 saturated heterocycles. The second-order valence-corrected chi connectivity index (χ2v) is 5.95. The Labute approximate surface area is 147 Å². The molecule has 1 N–H and O–H groups in total. The van der Waals surface area contributed by atoms with Gasteiger partial charge in [0.1, 0.15) is 0 Å². The van der Waals surface area contributed by atoms with Gasteiger partial charge in [-0.3, -0.25) is 4.79 Å². The Balaban J connectivity index is 2.21. The van der Waals surface area contributed by atoms with Crippen LogP contribution in [0.5, 0.6) is 11.5 Å². The van der Waals surface area contributed by atoms with Crippen molar-refractivity contribution >= 4 is 23.4 Å². The van der Waals surface area contributed by atoms with Crippen molar-refractivity contribution in [2.45, 2.75) is 25.2 Å². The highest BCUT2D eigenvalue weighted by Crippen LogP contribution is 2.30. The molecule has 24 heavy (non-hydrogen) atoms. The maximum Gasteiger partial charge on any atom is 0.255 e. The lowest BCUT2D eigenvalue weighted by Gasteiger charge is -2.14. The van der Waals surface area contributed by atoms with Gasteiger partial charge in [0.05, 0.1) is 18.9 Å². The number of anilines is 1. The van der Waals surface area contributed by atoms with Gasteiger partial charge in [-0.1, -0.05) is 19.1 Å². The number of para-hydroxylation sites is 1. The Hall–Kier alpha value is -2.14. The van der Waals surface area contributed by atoms with Gasteiger partial charge in [0.15, 0.2) is 11.5 Å². The highest BCUT2D eigenvalue weighted by atomic mass is 32.2. The molecule has 0 saturated carbocycles. The molecule has 0 heterocycles. The summed E-state index contributed by atoms with van der Waals surface area (Å²) >= 11 is 1.60. The van der Waals surface area contributed by atoms with E-state index in [0.29, 0.717) is 30.3 Å². The molecule has 2 aromatic rings. The predicted octanol–water partition coefficient (Wildman–Crippen LogP) is 4.85. The fourth-order valence-electron chi connectivity index (χ4n) is 2.19. The first kappa shape index (κ1) is 18.2. The third-order valence-electron chi connectivity index (χ3n) is 3.32. The summed E-state index contributed by atoms with van der Waals surface area (Å²) in [4.78, 5) is 13.6. The number of nitrogens with one attached hydrogen (secondary N) is 1. The number of ether oxygens (including phenoxy) is 2. The van der Waals surface area contributed by atoms with E-state index in [4.69, 9.17) is 9.47 Å². The van der Waals surface area contributed by atoms with Gasteiger partial charge in [-0.15, -0.1) is 11.8 Å². The van der Waals surface area contributed by atoms with Crippen LogP contribution in [0.4, 0.5) is 5.69 Å². The van der Waals surface area contributed by atoms with Gasteiger partial charge in [0, 0.05) is 10.5 Å². The monoisotopic (exact) mass is 345 g/mol. The van der Waals surface area contributed by atoms with Gasteiger partial charge in [-0.2, -0.15) is 0 Å². The van der Waals surface area contributed by atoms with E-state index < -0.39 is 0 Å². The zero-order valence-electron chi connectivity index (χ0n) is 14.3. The summed E-state index contributed by atoms with van der Waals surface area (Å²) in [6.45, 7) is 5.09. The van der Waals surface area contributed by atoms with E-state index >= 15 is 0 Å². The van der Waals surface area contributed by atoms with E-state index in [1.54, 1.807) is 30.0 Å². The summed E-state index contributed by atoms with van der Waals surface area (Å²) in [6, 6.07) is 13.0. The van der Waals surface area contributed by atoms with Crippen molar-refractivity contribution in [3.05, 3.63) is 48.0 Å². The standard InChI is InChI=1S/C19H23NO3S/c1-4-12-23-16-11-10-14(13-17(16)22-5-2)19(21)20-15-8-6-7-9-18(15)24-3/h6-11,13H,4-5,12H2,1-3H3,(H,20,21). The lowest BCUT2D eigenvalue weighted by Crippen LogP contribution is -2.13. The van der Waals surface area contributed by atoms with Crippen LogP contribution < -0.4 is 14.8 Å². The molecule has 0 aliphatic heterocycles. The van der Waals surface area contributed by atoms with Crippen LogP contribution in [-0.2, 0) is 0 Å². The maximum atomic E-state index is 12.5. The van der Waals surface area contributed by atoms with Gasteiger partial charge >= 0.3 is 0 Å². The predicted molar refractivity (Wildman–Crippen MR) is 99.6 cm³/mol. The third-order valence-corrected chi connectivity index (χ3v) is 4.12. The minimum atomic E-state index is -0.167. The van der Waals surface area contributed by atoms with Crippen molar-refractivity contribution in [3.8, 4) is 11.5 Å². The molecule has 1 amide bonds. The maximum absolute atomic E-state index is 12.5. The van der Waals surface area contributed by atoms with Crippen molar-refractivity contribution in [2.24, 2.45) is 0 Å². The minimum absolute atomic E-state index is 0.167. The summed E-state index contributed by atoms with van der Waals surface area (Å²) in [5.74, 6) is 1.09. The topological polar surface area (TPSA) is 47.6 Å². The smallest absolute Gasteiger partial charge is 0.255 e. The van der Waals surface area contributed by atoms with E-state index in [1.165, 1.54) is 0 Å². The number of rotatable bonds is 8. The molecule has 0 fully saturated rings. The van der Waals surface area contributed by atoms with Gasteiger partial charge in [-0.25, -0.2) is 0 Å². The van der Waals surface area contributed by atoms with Crippen LogP contribution in [0, 0.1) is 0 Å². The first-order valence-corrected chi connectivity index (χ1v) is 9.26. The van der Waals surface area contributed by atoms with Crippen LogP contribution in [0.1, 0.15) is 30.6 Å². The third kappa shape index (κ3) is 4.68. The first-order valence-electron chi connectivity index (χ1n) is 8.03. The molecule has 0 aliphatic rings. The van der Waals surface area contributed by atoms with Gasteiger partial charge in [0.2, 0.25) is 0 Å². The molecule has 0 unspecified atom stereocenters. The second-order valence-electron chi connectivity index (χ2n) is 5.10. The molecule has 0 radical (unpaired) electrons. The fraction of sp³-hybridized carbons (Fsp3) is 0.316. The Morgan fingerprint density at radius 3 is 2.58 bits per heavy atom. The SMILES string of the molecule is CCCOc1ccc(C(=O)Nc2ccccc2SC)cc1OCC. The van der Waals surface area contributed by atoms with E-state index in [-0.39, 0.29) is 5.91 Å².